The molecule has 0 aromatic heterocycles. The molecule has 0 spiro atoms. The Bertz CT molecular complexity index is 390. The number of nitrogens with zero attached hydrogens (tertiary/aromatic N) is 1. The smallest absolute Gasteiger partial charge is 0.307 e. The number of primary amides is 1. The van der Waals surface area contributed by atoms with E-state index in [4.69, 9.17) is 10.8 Å². The molecule has 19 heavy (non-hydrogen) atoms. The van der Waals surface area contributed by atoms with E-state index >= 15 is 0 Å². The predicted octanol–water partition coefficient (Wildman–Crippen LogP) is -1.23. The number of hydrogen-bond acceptors (Lipinski definition) is 4. The zero-order chi connectivity index (χ0) is 14.0. The Balaban J connectivity index is 1.70. The molecule has 1 aliphatic carbocycles. The van der Waals surface area contributed by atoms with E-state index in [1.807, 2.05) is 4.90 Å². The van der Waals surface area contributed by atoms with Gasteiger partial charge in [-0.25, -0.2) is 0 Å². The number of nitrogens with one attached hydrogen (secondary N) is 1. The van der Waals surface area contributed by atoms with Crippen molar-refractivity contribution >= 4 is 17.8 Å². The van der Waals surface area contributed by atoms with Crippen LogP contribution in [0, 0.1) is 11.8 Å². The molecule has 0 aromatic rings. The zero-order valence-corrected chi connectivity index (χ0v) is 10.7. The summed E-state index contributed by atoms with van der Waals surface area (Å²) >= 11 is 0. The third kappa shape index (κ3) is 3.66. The van der Waals surface area contributed by atoms with Gasteiger partial charge >= 0.3 is 5.97 Å². The van der Waals surface area contributed by atoms with Crippen LogP contribution in [0.25, 0.3) is 0 Å². The maximum atomic E-state index is 11.8. The topological polar surface area (TPSA) is 113 Å². The second kappa shape index (κ2) is 5.56. The molecule has 7 heteroatoms. The quantitative estimate of drug-likeness (QED) is 0.578. The molecular weight excluding hydrogens is 250 g/mol. The number of piperidine rings is 1. The van der Waals surface area contributed by atoms with Gasteiger partial charge in [-0.15, -0.1) is 0 Å². The van der Waals surface area contributed by atoms with E-state index in [-0.39, 0.29) is 30.3 Å². The van der Waals surface area contributed by atoms with Gasteiger partial charge in [-0.05, 0) is 19.3 Å². The van der Waals surface area contributed by atoms with Crippen molar-refractivity contribution in [2.45, 2.75) is 25.3 Å². The number of rotatable bonds is 5. The number of carboxylic acids is 1. The van der Waals surface area contributed by atoms with Crippen LogP contribution >= 0.6 is 0 Å². The minimum atomic E-state index is -0.892. The average Bonchev–Trinajstić information content (AvgIpc) is 3.11. The molecule has 2 rings (SSSR count). The van der Waals surface area contributed by atoms with Crippen LogP contribution < -0.4 is 11.1 Å². The van der Waals surface area contributed by atoms with Gasteiger partial charge in [0.05, 0.1) is 18.4 Å². The number of nitrogens with two attached hydrogens (primary N) is 1. The summed E-state index contributed by atoms with van der Waals surface area (Å²) in [5.41, 5.74) is 5.12. The Labute approximate surface area is 111 Å². The second-order valence-electron chi connectivity index (χ2n) is 5.31. The van der Waals surface area contributed by atoms with Gasteiger partial charge in [0.15, 0.2) is 0 Å². The summed E-state index contributed by atoms with van der Waals surface area (Å²) in [5, 5.41) is 11.7. The Morgan fingerprint density at radius 1 is 1.21 bits per heavy atom. The van der Waals surface area contributed by atoms with Crippen LogP contribution in [0.2, 0.25) is 0 Å². The van der Waals surface area contributed by atoms with Gasteiger partial charge in [0.2, 0.25) is 11.8 Å². The maximum Gasteiger partial charge on any atom is 0.307 e. The van der Waals surface area contributed by atoms with Crippen LogP contribution in [0.4, 0.5) is 0 Å². The highest BCUT2D eigenvalue weighted by atomic mass is 16.4. The fraction of sp³-hybridized carbons (Fsp3) is 0.750. The molecule has 1 saturated carbocycles. The summed E-state index contributed by atoms with van der Waals surface area (Å²) in [5.74, 6) is -2.25. The lowest BCUT2D eigenvalue weighted by Crippen LogP contribution is -2.47. The first kappa shape index (κ1) is 13.8. The standard InChI is InChI=1S/C12H19N3O4/c13-10(16)6-15-3-1-7(2-4-15)14-11(17)8-5-9(8)12(18)19/h7-9H,1-6H2,(H2,13,16)(H,14,17)(H,18,19)/t8-,9+/m1/s1. The number of hydrogen-bond donors (Lipinski definition) is 3. The zero-order valence-electron chi connectivity index (χ0n) is 10.7. The van der Waals surface area contributed by atoms with E-state index in [1.54, 1.807) is 0 Å². The Kier molecular flexibility index (Phi) is 4.04. The average molecular weight is 269 g/mol. The summed E-state index contributed by atoms with van der Waals surface area (Å²) in [4.78, 5) is 35.2. The molecule has 0 radical (unpaired) electrons. The van der Waals surface area contributed by atoms with Crippen LogP contribution in [-0.2, 0) is 14.4 Å². The molecule has 1 aliphatic heterocycles. The first-order valence-electron chi connectivity index (χ1n) is 6.51. The van der Waals surface area contributed by atoms with Crippen molar-refractivity contribution in [2.24, 2.45) is 17.6 Å². The van der Waals surface area contributed by atoms with Gasteiger partial charge in [-0.2, -0.15) is 0 Å². The largest absolute Gasteiger partial charge is 0.481 e. The summed E-state index contributed by atoms with van der Waals surface area (Å²) in [6, 6.07) is 0.0756. The van der Waals surface area contributed by atoms with E-state index in [0.717, 1.165) is 25.9 Å². The lowest BCUT2D eigenvalue weighted by Gasteiger charge is -2.31. The molecule has 4 N–H and O–H groups in total. The van der Waals surface area contributed by atoms with Crippen molar-refractivity contribution in [1.82, 2.24) is 10.2 Å². The number of carbonyl (C=O) groups excluding carboxylic acids is 2. The van der Waals surface area contributed by atoms with Crippen molar-refractivity contribution in [1.29, 1.82) is 0 Å². The molecule has 7 nitrogen and oxygen atoms in total. The lowest BCUT2D eigenvalue weighted by atomic mass is 10.0. The van der Waals surface area contributed by atoms with Gasteiger partial charge in [0, 0.05) is 19.1 Å². The Morgan fingerprint density at radius 2 is 1.84 bits per heavy atom. The van der Waals surface area contributed by atoms with Crippen LogP contribution in [0.15, 0.2) is 0 Å². The third-order valence-corrected chi connectivity index (χ3v) is 3.76. The monoisotopic (exact) mass is 269 g/mol. The highest BCUT2D eigenvalue weighted by Crippen LogP contribution is 2.38. The highest BCUT2D eigenvalue weighted by Gasteiger charge is 2.48. The number of carbonyl (C=O) groups is 3. The molecular formula is C12H19N3O4. The Hall–Kier alpha value is -1.63. The van der Waals surface area contributed by atoms with E-state index in [2.05, 4.69) is 5.32 Å². The second-order valence-corrected chi connectivity index (χ2v) is 5.31. The van der Waals surface area contributed by atoms with E-state index in [1.165, 1.54) is 0 Å². The first-order chi connectivity index (χ1) is 8.97. The number of likely N-dealkylation sites (tertiary alicyclic amines) is 1. The van der Waals surface area contributed by atoms with Gasteiger partial charge < -0.3 is 16.2 Å². The molecule has 2 amide bonds. The summed E-state index contributed by atoms with van der Waals surface area (Å²) in [6.07, 6.45) is 1.98. The van der Waals surface area contributed by atoms with E-state index in [0.29, 0.717) is 6.42 Å². The molecule has 106 valence electrons. The molecule has 2 atom stereocenters. The number of amides is 2. The molecule has 2 fully saturated rings. The van der Waals surface area contributed by atoms with Crippen molar-refractivity contribution in [2.75, 3.05) is 19.6 Å². The minimum absolute atomic E-state index is 0.0756. The molecule has 0 bridgehead atoms. The summed E-state index contributed by atoms with van der Waals surface area (Å²) in [6.45, 7) is 1.70. The summed E-state index contributed by atoms with van der Waals surface area (Å²) < 4.78 is 0. The third-order valence-electron chi connectivity index (χ3n) is 3.76. The van der Waals surface area contributed by atoms with Crippen molar-refractivity contribution in [3.63, 3.8) is 0 Å². The number of carboxylic acid groups (broad SMARTS) is 1. The predicted molar refractivity (Wildman–Crippen MR) is 66.0 cm³/mol. The SMILES string of the molecule is NC(=O)CN1CCC(NC(=O)[C@@H]2C[C@@H]2C(=O)O)CC1. The van der Waals surface area contributed by atoms with Gasteiger partial charge in [0.1, 0.15) is 0 Å². The fourth-order valence-electron chi connectivity index (χ4n) is 2.52. The van der Waals surface area contributed by atoms with Crippen LogP contribution in [0.1, 0.15) is 19.3 Å². The molecule has 2 aliphatic rings. The van der Waals surface area contributed by atoms with E-state index in [9.17, 15) is 14.4 Å². The van der Waals surface area contributed by atoms with Crippen molar-refractivity contribution in [3.05, 3.63) is 0 Å². The minimum Gasteiger partial charge on any atom is -0.481 e. The van der Waals surface area contributed by atoms with Crippen LogP contribution in [-0.4, -0.2) is 53.5 Å². The molecule has 0 aromatic carbocycles. The number of aliphatic carboxylic acids is 1. The van der Waals surface area contributed by atoms with Crippen LogP contribution in [0.3, 0.4) is 0 Å². The molecule has 1 saturated heterocycles. The molecule has 1 heterocycles. The van der Waals surface area contributed by atoms with Gasteiger partial charge in [-0.1, -0.05) is 0 Å². The lowest BCUT2D eigenvalue weighted by molar-refractivity contribution is -0.140. The maximum absolute atomic E-state index is 11.8. The van der Waals surface area contributed by atoms with Crippen molar-refractivity contribution < 1.29 is 19.5 Å². The molecule has 0 unspecified atom stereocenters. The van der Waals surface area contributed by atoms with Crippen molar-refractivity contribution in [3.8, 4) is 0 Å². The van der Waals surface area contributed by atoms with Crippen LogP contribution in [0.5, 0.6) is 0 Å². The van der Waals surface area contributed by atoms with E-state index < -0.39 is 11.9 Å². The summed E-state index contributed by atoms with van der Waals surface area (Å²) in [7, 11) is 0. The van der Waals surface area contributed by atoms with Gasteiger partial charge in [0.25, 0.3) is 0 Å². The highest BCUT2D eigenvalue weighted by molar-refractivity contribution is 5.89. The Morgan fingerprint density at radius 3 is 2.32 bits per heavy atom. The first-order valence-corrected chi connectivity index (χ1v) is 6.51. The van der Waals surface area contributed by atoms with Gasteiger partial charge in [-0.3, -0.25) is 19.3 Å². The fourth-order valence-corrected chi connectivity index (χ4v) is 2.52. The normalized spacial score (nSPS) is 27.8.